The van der Waals surface area contributed by atoms with Crippen molar-refractivity contribution in [2.75, 3.05) is 0 Å². The molecule has 0 heterocycles. The van der Waals surface area contributed by atoms with Gasteiger partial charge in [-0.15, -0.1) is 0 Å². The molecule has 1 atom stereocenters. The summed E-state index contributed by atoms with van der Waals surface area (Å²) in [7, 11) is 0. The molecule has 0 saturated heterocycles. The van der Waals surface area contributed by atoms with E-state index in [9.17, 15) is 9.90 Å². The van der Waals surface area contributed by atoms with E-state index in [1.165, 1.54) is 16.7 Å². The van der Waals surface area contributed by atoms with E-state index in [0.29, 0.717) is 5.57 Å². The second-order valence-electron chi connectivity index (χ2n) is 8.84. The van der Waals surface area contributed by atoms with Crippen molar-refractivity contribution in [3.05, 3.63) is 107 Å². The van der Waals surface area contributed by atoms with Crippen molar-refractivity contribution in [3.63, 3.8) is 0 Å². The predicted molar refractivity (Wildman–Crippen MR) is 135 cm³/mol. The van der Waals surface area contributed by atoms with Crippen LogP contribution in [0.15, 0.2) is 107 Å². The summed E-state index contributed by atoms with van der Waals surface area (Å²) in [5, 5.41) is 10.0. The lowest BCUT2D eigenvalue weighted by molar-refractivity contribution is -0.104. The maximum atomic E-state index is 10.5. The van der Waals surface area contributed by atoms with Gasteiger partial charge >= 0.3 is 0 Å². The quantitative estimate of drug-likeness (QED) is 0.242. The van der Waals surface area contributed by atoms with Crippen molar-refractivity contribution in [1.82, 2.24) is 0 Å². The van der Waals surface area contributed by atoms with Gasteiger partial charge < -0.3 is 5.11 Å². The molecule has 1 N–H and O–H groups in total. The van der Waals surface area contributed by atoms with Gasteiger partial charge in [0.1, 0.15) is 6.29 Å². The number of carbonyl (C=O) groups is 1. The number of hydrogen-bond acceptors (Lipinski definition) is 2. The Hall–Kier alpha value is -2.71. The van der Waals surface area contributed by atoms with Gasteiger partial charge in [-0.25, -0.2) is 0 Å². The van der Waals surface area contributed by atoms with Crippen LogP contribution >= 0.6 is 0 Å². The highest BCUT2D eigenvalue weighted by molar-refractivity contribution is 5.72. The lowest BCUT2D eigenvalue weighted by atomic mass is 9.71. The van der Waals surface area contributed by atoms with Gasteiger partial charge in [0.05, 0.1) is 6.10 Å². The minimum absolute atomic E-state index is 0.0111. The monoisotopic (exact) mass is 418 g/mol. The number of rotatable bonds is 9. The molecule has 166 valence electrons. The van der Waals surface area contributed by atoms with Crippen molar-refractivity contribution < 1.29 is 9.90 Å². The Labute approximate surface area is 189 Å². The van der Waals surface area contributed by atoms with Crippen molar-refractivity contribution in [1.29, 1.82) is 0 Å². The molecule has 1 rings (SSSR count). The van der Waals surface area contributed by atoms with E-state index < -0.39 is 0 Å². The van der Waals surface area contributed by atoms with Gasteiger partial charge in [0.2, 0.25) is 0 Å². The van der Waals surface area contributed by atoms with E-state index in [2.05, 4.69) is 45.9 Å². The van der Waals surface area contributed by atoms with Gasteiger partial charge in [0.25, 0.3) is 0 Å². The number of aliphatic hydroxyl groups excluding tert-OH is 1. The van der Waals surface area contributed by atoms with Gasteiger partial charge in [-0.2, -0.15) is 0 Å². The molecule has 2 heteroatoms. The first-order valence-corrected chi connectivity index (χ1v) is 10.9. The molecule has 0 fully saturated rings. The van der Waals surface area contributed by atoms with Crippen LogP contribution in [0.5, 0.6) is 0 Å². The third-order valence-electron chi connectivity index (χ3n) is 5.17. The molecule has 0 amide bonds. The standard InChI is InChI=1S/C29H38O2/c1-23(16-13-17-25(3)22-30)14-11-9-7-8-10-12-15-24(2)18-19-28-26(4)20-27(31)21-29(28,5)6/h7-19,22,27,31H,20-21H2,1-6H3/b8-7+,11-9+,12-10+,16-13+,19-18+,23-14+,24-15+,25-17+/t27-/m1/s1. The molecule has 0 spiro atoms. The van der Waals surface area contributed by atoms with Crippen molar-refractivity contribution >= 4 is 6.29 Å². The molecule has 0 saturated carbocycles. The minimum atomic E-state index is -0.224. The lowest BCUT2D eigenvalue weighted by Crippen LogP contribution is -2.28. The van der Waals surface area contributed by atoms with Crippen LogP contribution < -0.4 is 0 Å². The van der Waals surface area contributed by atoms with Gasteiger partial charge in [-0.05, 0) is 57.1 Å². The summed E-state index contributed by atoms with van der Waals surface area (Å²) in [6.07, 6.45) is 28.3. The topological polar surface area (TPSA) is 37.3 Å². The maximum absolute atomic E-state index is 10.5. The molecule has 0 aromatic rings. The zero-order chi connectivity index (χ0) is 23.3. The average Bonchev–Trinajstić information content (AvgIpc) is 2.68. The zero-order valence-electron chi connectivity index (χ0n) is 19.9. The summed E-state index contributed by atoms with van der Waals surface area (Å²) >= 11 is 0. The predicted octanol–water partition coefficient (Wildman–Crippen LogP) is 7.30. The van der Waals surface area contributed by atoms with Crippen LogP contribution in [0.1, 0.15) is 54.4 Å². The van der Waals surface area contributed by atoms with E-state index in [-0.39, 0.29) is 11.5 Å². The SMILES string of the molecule is CC1=C(/C=C/C(C)=C/C=C/C=C/C=C/C=C(C)/C=C/C=C(\C)C=O)C(C)(C)C[C@H](O)C1. The fraction of sp³-hybridized carbons (Fsp3) is 0.345. The summed E-state index contributed by atoms with van der Waals surface area (Å²) in [5.74, 6) is 0. The maximum Gasteiger partial charge on any atom is 0.145 e. The highest BCUT2D eigenvalue weighted by Gasteiger charge is 2.31. The Kier molecular flexibility index (Phi) is 11.5. The molecular weight excluding hydrogens is 380 g/mol. The second kappa shape index (κ2) is 13.6. The van der Waals surface area contributed by atoms with Gasteiger partial charge in [0.15, 0.2) is 0 Å². The van der Waals surface area contributed by atoms with Crippen molar-refractivity contribution in [2.24, 2.45) is 5.41 Å². The number of aldehydes is 1. The van der Waals surface area contributed by atoms with E-state index in [1.54, 1.807) is 13.0 Å². The number of allylic oxidation sites excluding steroid dienone is 17. The van der Waals surface area contributed by atoms with E-state index in [0.717, 1.165) is 24.7 Å². The average molecular weight is 419 g/mol. The largest absolute Gasteiger partial charge is 0.393 e. The smallest absolute Gasteiger partial charge is 0.145 e. The van der Waals surface area contributed by atoms with Crippen LogP contribution in [-0.2, 0) is 4.79 Å². The van der Waals surface area contributed by atoms with Gasteiger partial charge in [-0.3, -0.25) is 4.79 Å². The fourth-order valence-corrected chi connectivity index (χ4v) is 3.57. The molecule has 2 nitrogen and oxygen atoms in total. The van der Waals surface area contributed by atoms with E-state index >= 15 is 0 Å². The summed E-state index contributed by atoms with van der Waals surface area (Å²) in [6.45, 7) is 12.4. The van der Waals surface area contributed by atoms with Crippen molar-refractivity contribution in [2.45, 2.75) is 60.5 Å². The summed E-state index contributed by atoms with van der Waals surface area (Å²) in [5.41, 5.74) is 5.64. The molecule has 0 bridgehead atoms. The summed E-state index contributed by atoms with van der Waals surface area (Å²) < 4.78 is 0. The molecule has 0 unspecified atom stereocenters. The van der Waals surface area contributed by atoms with Crippen LogP contribution in [0.2, 0.25) is 0 Å². The Morgan fingerprint density at radius 3 is 1.90 bits per heavy atom. The molecular formula is C29H38O2. The minimum Gasteiger partial charge on any atom is -0.393 e. The molecule has 0 radical (unpaired) electrons. The van der Waals surface area contributed by atoms with E-state index in [1.807, 2.05) is 61.6 Å². The third kappa shape index (κ3) is 10.8. The summed E-state index contributed by atoms with van der Waals surface area (Å²) in [4.78, 5) is 10.5. The Morgan fingerprint density at radius 1 is 0.839 bits per heavy atom. The van der Waals surface area contributed by atoms with Crippen LogP contribution in [0.25, 0.3) is 0 Å². The number of hydrogen-bond donors (Lipinski definition) is 1. The first-order valence-electron chi connectivity index (χ1n) is 10.9. The van der Waals surface area contributed by atoms with Gasteiger partial charge in [-0.1, -0.05) is 110 Å². The van der Waals surface area contributed by atoms with Crippen LogP contribution in [0.3, 0.4) is 0 Å². The zero-order valence-corrected chi connectivity index (χ0v) is 19.9. The molecule has 31 heavy (non-hydrogen) atoms. The normalized spacial score (nSPS) is 21.6. The third-order valence-corrected chi connectivity index (χ3v) is 5.17. The lowest BCUT2D eigenvalue weighted by Gasteiger charge is -2.35. The first kappa shape index (κ1) is 26.3. The molecule has 0 aromatic heterocycles. The number of carbonyl (C=O) groups excluding carboxylic acids is 1. The van der Waals surface area contributed by atoms with Crippen molar-refractivity contribution in [3.8, 4) is 0 Å². The first-order chi connectivity index (χ1) is 14.7. The fourth-order valence-electron chi connectivity index (χ4n) is 3.57. The highest BCUT2D eigenvalue weighted by atomic mass is 16.3. The highest BCUT2D eigenvalue weighted by Crippen LogP contribution is 2.41. The Balaban J connectivity index is 2.57. The summed E-state index contributed by atoms with van der Waals surface area (Å²) in [6, 6.07) is 0. The Morgan fingerprint density at radius 2 is 1.35 bits per heavy atom. The second-order valence-corrected chi connectivity index (χ2v) is 8.84. The van der Waals surface area contributed by atoms with Crippen LogP contribution in [-0.4, -0.2) is 17.5 Å². The molecule has 0 aliphatic heterocycles. The molecule has 1 aliphatic carbocycles. The van der Waals surface area contributed by atoms with Crippen LogP contribution in [0.4, 0.5) is 0 Å². The van der Waals surface area contributed by atoms with Crippen LogP contribution in [0, 0.1) is 5.41 Å². The Bertz CT molecular complexity index is 878. The molecule has 1 aliphatic rings. The molecule has 0 aromatic carbocycles. The number of aliphatic hydroxyl groups is 1. The van der Waals surface area contributed by atoms with E-state index in [4.69, 9.17) is 0 Å². The van der Waals surface area contributed by atoms with Gasteiger partial charge in [0, 0.05) is 0 Å².